The lowest BCUT2D eigenvalue weighted by Crippen LogP contribution is -2.38. The maximum Gasteiger partial charge on any atom is 0.197 e. The Morgan fingerprint density at radius 1 is 1.22 bits per heavy atom. The second-order valence-corrected chi connectivity index (χ2v) is 6.50. The normalized spacial score (nSPS) is 24.7. The summed E-state index contributed by atoms with van der Waals surface area (Å²) < 4.78 is 10.9. The topological polar surface area (TPSA) is 45.9 Å². The Balaban J connectivity index is 1.66. The molecular formula is C18H22N2O3. The van der Waals surface area contributed by atoms with Gasteiger partial charge in [0.25, 0.3) is 0 Å². The number of methoxy groups -OCH3 is 1. The summed E-state index contributed by atoms with van der Waals surface area (Å²) in [6.07, 6.45) is 4.04. The molecule has 0 amide bonds. The molecule has 2 aromatic rings. The van der Waals surface area contributed by atoms with Crippen molar-refractivity contribution in [3.63, 3.8) is 0 Å². The molecule has 3 aliphatic rings. The van der Waals surface area contributed by atoms with Crippen LogP contribution in [0.4, 0.5) is 0 Å². The number of hydrogen-bond donors (Lipinski definition) is 0. The minimum Gasteiger partial charge on any atom is -0.497 e. The van der Waals surface area contributed by atoms with Crippen molar-refractivity contribution in [2.24, 2.45) is 0 Å². The Hall–Kier alpha value is -1.85. The van der Waals surface area contributed by atoms with Crippen LogP contribution in [0.3, 0.4) is 0 Å². The monoisotopic (exact) mass is 314 g/mol. The van der Waals surface area contributed by atoms with Crippen molar-refractivity contribution in [3.8, 4) is 5.75 Å². The number of nitrogens with zero attached hydrogens (tertiary/aromatic N) is 2. The second kappa shape index (κ2) is 5.98. The van der Waals surface area contributed by atoms with Gasteiger partial charge in [-0.15, -0.1) is 0 Å². The zero-order valence-corrected chi connectivity index (χ0v) is 13.5. The van der Waals surface area contributed by atoms with Crippen molar-refractivity contribution in [1.29, 1.82) is 0 Å². The zero-order valence-electron chi connectivity index (χ0n) is 13.5. The van der Waals surface area contributed by atoms with Gasteiger partial charge in [-0.25, -0.2) is 0 Å². The summed E-state index contributed by atoms with van der Waals surface area (Å²) in [6.45, 7) is 5.17. The summed E-state index contributed by atoms with van der Waals surface area (Å²) in [6, 6.07) is 5.96. The van der Waals surface area contributed by atoms with Crippen LogP contribution in [0.1, 0.15) is 18.4 Å². The quantitative estimate of drug-likeness (QED) is 0.868. The third kappa shape index (κ3) is 2.75. The van der Waals surface area contributed by atoms with Gasteiger partial charge < -0.3 is 14.1 Å². The molecule has 23 heavy (non-hydrogen) atoms. The first-order valence-electron chi connectivity index (χ1n) is 8.29. The molecule has 122 valence electrons. The number of rotatable bonds is 3. The average Bonchev–Trinajstić information content (AvgIpc) is 2.91. The van der Waals surface area contributed by atoms with Crippen molar-refractivity contribution >= 4 is 11.0 Å². The first-order valence-corrected chi connectivity index (χ1v) is 8.29. The highest BCUT2D eigenvalue weighted by Crippen LogP contribution is 2.23. The van der Waals surface area contributed by atoms with Crippen LogP contribution in [-0.2, 0) is 6.54 Å². The summed E-state index contributed by atoms with van der Waals surface area (Å²) in [7, 11) is 1.61. The summed E-state index contributed by atoms with van der Waals surface area (Å²) in [4.78, 5) is 17.8. The highest BCUT2D eigenvalue weighted by atomic mass is 16.5. The van der Waals surface area contributed by atoms with Crippen LogP contribution in [-0.4, -0.2) is 49.1 Å². The van der Waals surface area contributed by atoms with Gasteiger partial charge in [0.15, 0.2) is 5.43 Å². The first kappa shape index (κ1) is 14.7. The molecule has 3 aliphatic heterocycles. The summed E-state index contributed by atoms with van der Waals surface area (Å²) >= 11 is 0. The fraction of sp³-hybridized carbons (Fsp3) is 0.500. The molecule has 0 spiro atoms. The van der Waals surface area contributed by atoms with Crippen molar-refractivity contribution < 1.29 is 9.15 Å². The van der Waals surface area contributed by atoms with Gasteiger partial charge in [0.1, 0.15) is 11.3 Å². The lowest BCUT2D eigenvalue weighted by molar-refractivity contribution is 0.175. The SMILES string of the molecule is COc1ccc2occ(CN3CCN4CCC3CC4)c(=O)c2c1. The van der Waals surface area contributed by atoms with Gasteiger partial charge in [-0.2, -0.15) is 0 Å². The van der Waals surface area contributed by atoms with Gasteiger partial charge >= 0.3 is 0 Å². The van der Waals surface area contributed by atoms with E-state index < -0.39 is 0 Å². The van der Waals surface area contributed by atoms with E-state index in [0.717, 1.165) is 18.7 Å². The standard InChI is InChI=1S/C18H22N2O3/c1-22-15-2-3-17-16(10-15)18(21)13(12-23-17)11-20-9-8-19-6-4-14(20)5-7-19/h2-3,10,12,14H,4-9,11H2,1H3. The first-order chi connectivity index (χ1) is 11.2. The van der Waals surface area contributed by atoms with Gasteiger partial charge in [-0.3, -0.25) is 9.69 Å². The molecule has 3 saturated heterocycles. The third-order valence-corrected chi connectivity index (χ3v) is 5.20. The smallest absolute Gasteiger partial charge is 0.197 e. The maximum absolute atomic E-state index is 12.8. The molecular weight excluding hydrogens is 292 g/mol. The van der Waals surface area contributed by atoms with Crippen LogP contribution in [0.2, 0.25) is 0 Å². The van der Waals surface area contributed by atoms with E-state index in [1.807, 2.05) is 6.07 Å². The van der Waals surface area contributed by atoms with Crippen molar-refractivity contribution in [2.75, 3.05) is 33.3 Å². The Labute approximate surface area is 135 Å². The Morgan fingerprint density at radius 3 is 2.83 bits per heavy atom. The molecule has 0 unspecified atom stereocenters. The molecule has 0 atom stereocenters. The lowest BCUT2D eigenvalue weighted by atomic mass is 10.0. The molecule has 0 saturated carbocycles. The number of fused-ring (bicyclic) bond motifs is 5. The number of hydrogen-bond acceptors (Lipinski definition) is 5. The van der Waals surface area contributed by atoms with E-state index in [9.17, 15) is 4.79 Å². The molecule has 5 heteroatoms. The van der Waals surface area contributed by atoms with E-state index in [0.29, 0.717) is 29.3 Å². The average molecular weight is 314 g/mol. The molecule has 1 aromatic carbocycles. The Morgan fingerprint density at radius 2 is 2.04 bits per heavy atom. The van der Waals surface area contributed by atoms with Gasteiger partial charge in [-0.1, -0.05) is 0 Å². The van der Waals surface area contributed by atoms with E-state index in [-0.39, 0.29) is 5.43 Å². The molecule has 5 rings (SSSR count). The number of piperidine rings is 1. The lowest BCUT2D eigenvalue weighted by Gasteiger charge is -2.31. The van der Waals surface area contributed by atoms with Crippen LogP contribution >= 0.6 is 0 Å². The van der Waals surface area contributed by atoms with Gasteiger partial charge in [0, 0.05) is 31.2 Å². The second-order valence-electron chi connectivity index (χ2n) is 6.50. The Kier molecular flexibility index (Phi) is 3.83. The molecule has 0 radical (unpaired) electrons. The fourth-order valence-corrected chi connectivity index (χ4v) is 3.77. The summed E-state index contributed by atoms with van der Waals surface area (Å²) in [5.74, 6) is 0.683. The van der Waals surface area contributed by atoms with Crippen molar-refractivity contribution in [1.82, 2.24) is 9.80 Å². The van der Waals surface area contributed by atoms with Crippen LogP contribution in [0.15, 0.2) is 33.7 Å². The largest absolute Gasteiger partial charge is 0.497 e. The highest BCUT2D eigenvalue weighted by Gasteiger charge is 2.29. The summed E-state index contributed by atoms with van der Waals surface area (Å²) in [5.41, 5.74) is 1.41. The van der Waals surface area contributed by atoms with E-state index >= 15 is 0 Å². The zero-order chi connectivity index (χ0) is 15.8. The van der Waals surface area contributed by atoms with Crippen molar-refractivity contribution in [2.45, 2.75) is 25.4 Å². The molecule has 0 aliphatic carbocycles. The van der Waals surface area contributed by atoms with E-state index in [4.69, 9.17) is 9.15 Å². The van der Waals surface area contributed by atoms with Crippen LogP contribution in [0, 0.1) is 0 Å². The van der Waals surface area contributed by atoms with Crippen molar-refractivity contribution in [3.05, 3.63) is 40.2 Å². The van der Waals surface area contributed by atoms with Gasteiger partial charge in [0.05, 0.1) is 18.8 Å². The van der Waals surface area contributed by atoms with E-state index in [1.165, 1.54) is 25.9 Å². The highest BCUT2D eigenvalue weighted by molar-refractivity contribution is 5.78. The van der Waals surface area contributed by atoms with Crippen LogP contribution in [0.5, 0.6) is 5.75 Å². The Bertz CT molecular complexity index is 762. The van der Waals surface area contributed by atoms with Crippen LogP contribution < -0.4 is 10.2 Å². The predicted octanol–water partition coefficient (Wildman–Crippen LogP) is 2.08. The maximum atomic E-state index is 12.8. The van der Waals surface area contributed by atoms with Crippen LogP contribution in [0.25, 0.3) is 11.0 Å². The summed E-state index contributed by atoms with van der Waals surface area (Å²) in [5, 5.41) is 0.602. The van der Waals surface area contributed by atoms with E-state index in [1.54, 1.807) is 25.5 Å². The number of benzene rings is 1. The number of ether oxygens (including phenoxy) is 1. The molecule has 5 nitrogen and oxygen atoms in total. The van der Waals surface area contributed by atoms with Gasteiger partial charge in [-0.05, 0) is 44.1 Å². The third-order valence-electron chi connectivity index (χ3n) is 5.20. The molecule has 1 aromatic heterocycles. The molecule has 3 fully saturated rings. The predicted molar refractivity (Wildman–Crippen MR) is 88.9 cm³/mol. The molecule has 4 heterocycles. The van der Waals surface area contributed by atoms with Gasteiger partial charge in [0.2, 0.25) is 0 Å². The minimum atomic E-state index is 0.0595. The molecule has 2 bridgehead atoms. The fourth-order valence-electron chi connectivity index (χ4n) is 3.77. The molecule has 0 N–H and O–H groups in total. The minimum absolute atomic E-state index is 0.0595. The van der Waals surface area contributed by atoms with E-state index in [2.05, 4.69) is 9.80 Å².